The van der Waals surface area contributed by atoms with Gasteiger partial charge in [0, 0.05) is 29.2 Å². The van der Waals surface area contributed by atoms with Crippen LogP contribution in [0.25, 0.3) is 0 Å². The van der Waals surface area contributed by atoms with Crippen molar-refractivity contribution in [1.82, 2.24) is 9.13 Å². The summed E-state index contributed by atoms with van der Waals surface area (Å²) in [4.78, 5) is 24.9. The van der Waals surface area contributed by atoms with Gasteiger partial charge < -0.3 is 18.6 Å². The first-order valence-corrected chi connectivity index (χ1v) is 9.99. The number of fused-ring (bicyclic) bond motifs is 1. The zero-order valence-corrected chi connectivity index (χ0v) is 17.5. The zero-order chi connectivity index (χ0) is 23.0. The molecule has 0 bridgehead atoms. The number of rotatable bonds is 5. The molecule has 4 rings (SSSR count). The Morgan fingerprint density at radius 3 is 2.56 bits per heavy atom. The Hall–Kier alpha value is -3.49. The number of para-hydroxylation sites is 2. The summed E-state index contributed by atoms with van der Waals surface area (Å²) >= 11 is 0. The van der Waals surface area contributed by atoms with E-state index in [1.165, 1.54) is 0 Å². The average molecular weight is 446 g/mol. The van der Waals surface area contributed by atoms with E-state index in [9.17, 15) is 22.8 Å². The molecule has 0 saturated heterocycles. The van der Waals surface area contributed by atoms with Gasteiger partial charge in [-0.1, -0.05) is 12.1 Å². The van der Waals surface area contributed by atoms with Gasteiger partial charge in [-0.25, -0.2) is 0 Å². The van der Waals surface area contributed by atoms with E-state index in [-0.39, 0.29) is 6.10 Å². The van der Waals surface area contributed by atoms with Crippen LogP contribution in [0.4, 0.5) is 13.2 Å². The Morgan fingerprint density at radius 2 is 1.84 bits per heavy atom. The van der Waals surface area contributed by atoms with Crippen LogP contribution in [-0.4, -0.2) is 27.6 Å². The number of carbonyl (C=O) groups excluding carboxylic acids is 1. The van der Waals surface area contributed by atoms with Crippen LogP contribution >= 0.6 is 0 Å². The van der Waals surface area contributed by atoms with Gasteiger partial charge in [-0.2, -0.15) is 13.2 Å². The van der Waals surface area contributed by atoms with E-state index >= 15 is 0 Å². The van der Waals surface area contributed by atoms with Gasteiger partial charge >= 0.3 is 6.18 Å². The van der Waals surface area contributed by atoms with Crippen molar-refractivity contribution in [2.45, 2.75) is 39.2 Å². The number of aryl methyl sites for hydroxylation is 1. The fraction of sp³-hybridized carbons (Fsp3) is 0.304. The van der Waals surface area contributed by atoms with Crippen molar-refractivity contribution in [3.63, 3.8) is 0 Å². The average Bonchev–Trinajstić information content (AvgIpc) is 3.03. The van der Waals surface area contributed by atoms with Crippen LogP contribution in [0.5, 0.6) is 11.5 Å². The van der Waals surface area contributed by atoms with E-state index in [0.717, 1.165) is 16.3 Å². The zero-order valence-electron chi connectivity index (χ0n) is 17.5. The van der Waals surface area contributed by atoms with Gasteiger partial charge in [-0.3, -0.25) is 9.59 Å². The quantitative estimate of drug-likeness (QED) is 0.556. The molecule has 0 spiro atoms. The van der Waals surface area contributed by atoms with Crippen LogP contribution in [0.3, 0.4) is 0 Å². The maximum Gasteiger partial charge on any atom is 0.417 e. The molecule has 0 N–H and O–H groups in total. The molecule has 0 unspecified atom stereocenters. The number of Topliss-reactive ketones (excluding diaryl/α,β-unsaturated/α-hetero) is 1. The molecule has 1 aromatic carbocycles. The highest BCUT2D eigenvalue weighted by Gasteiger charge is 2.31. The van der Waals surface area contributed by atoms with Crippen LogP contribution in [0.2, 0.25) is 0 Å². The van der Waals surface area contributed by atoms with Crippen LogP contribution < -0.4 is 15.0 Å². The smallest absolute Gasteiger partial charge is 0.417 e. The van der Waals surface area contributed by atoms with E-state index in [0.29, 0.717) is 48.2 Å². The van der Waals surface area contributed by atoms with Gasteiger partial charge in [0.15, 0.2) is 23.4 Å². The topological polar surface area (TPSA) is 62.5 Å². The number of nitrogens with zero attached hydrogens (tertiary/aromatic N) is 2. The lowest BCUT2D eigenvalue weighted by Crippen LogP contribution is -2.33. The highest BCUT2D eigenvalue weighted by Crippen LogP contribution is 2.32. The third kappa shape index (κ3) is 4.28. The van der Waals surface area contributed by atoms with E-state index in [1.807, 2.05) is 35.8 Å². The molecule has 3 aromatic rings. The minimum Gasteiger partial charge on any atom is -0.486 e. The van der Waals surface area contributed by atoms with Crippen LogP contribution in [0.1, 0.15) is 27.3 Å². The van der Waals surface area contributed by atoms with Crippen molar-refractivity contribution < 1.29 is 27.4 Å². The number of hydrogen-bond donors (Lipinski definition) is 0. The monoisotopic (exact) mass is 446 g/mol. The molecule has 9 heteroatoms. The number of ketones is 1. The summed E-state index contributed by atoms with van der Waals surface area (Å²) in [5, 5.41) is 0. The van der Waals surface area contributed by atoms with Crippen molar-refractivity contribution in [2.24, 2.45) is 0 Å². The molecular weight excluding hydrogens is 425 g/mol. The van der Waals surface area contributed by atoms with Crippen LogP contribution in [0.15, 0.2) is 53.5 Å². The molecule has 0 saturated carbocycles. The molecule has 32 heavy (non-hydrogen) atoms. The second-order valence-electron chi connectivity index (χ2n) is 7.70. The highest BCUT2D eigenvalue weighted by molar-refractivity contribution is 5.97. The lowest BCUT2D eigenvalue weighted by Gasteiger charge is -2.27. The van der Waals surface area contributed by atoms with Crippen molar-refractivity contribution in [3.05, 3.63) is 81.5 Å². The number of hydrogen-bond acceptors (Lipinski definition) is 4. The summed E-state index contributed by atoms with van der Waals surface area (Å²) in [5.74, 6) is 0.871. The second kappa shape index (κ2) is 8.22. The molecule has 168 valence electrons. The van der Waals surface area contributed by atoms with Gasteiger partial charge in [0.1, 0.15) is 6.61 Å². The van der Waals surface area contributed by atoms with Gasteiger partial charge in [0.25, 0.3) is 5.56 Å². The molecule has 0 radical (unpaired) electrons. The van der Waals surface area contributed by atoms with E-state index < -0.39 is 29.6 Å². The Balaban J connectivity index is 1.53. The first-order valence-electron chi connectivity index (χ1n) is 9.99. The Kier molecular flexibility index (Phi) is 5.58. The highest BCUT2D eigenvalue weighted by atomic mass is 19.4. The Morgan fingerprint density at radius 1 is 1.12 bits per heavy atom. The first kappa shape index (κ1) is 21.7. The molecule has 0 fully saturated rings. The van der Waals surface area contributed by atoms with Crippen molar-refractivity contribution in [1.29, 1.82) is 0 Å². The third-order valence-electron chi connectivity index (χ3n) is 5.45. The second-order valence-corrected chi connectivity index (χ2v) is 7.70. The van der Waals surface area contributed by atoms with E-state index in [1.54, 1.807) is 13.0 Å². The fourth-order valence-corrected chi connectivity index (χ4v) is 3.78. The molecule has 0 aliphatic carbocycles. The fourth-order valence-electron chi connectivity index (χ4n) is 3.78. The standard InChI is InChI=1S/C23H21F3N2O4/c1-14-9-18(19(29)12-27-10-16(23(24,25)26)7-8-22(27)30)15(2)28(14)11-17-13-31-20-5-3-4-6-21(20)32-17/h3-10,17H,11-13H2,1-2H3/t17-/m0/s1. The minimum atomic E-state index is -4.60. The Labute approximate surface area is 181 Å². The van der Waals surface area contributed by atoms with Crippen molar-refractivity contribution in [2.75, 3.05) is 6.61 Å². The first-order chi connectivity index (χ1) is 15.1. The number of pyridine rings is 1. The maximum absolute atomic E-state index is 13.0. The molecule has 1 aliphatic heterocycles. The maximum atomic E-state index is 13.0. The number of carbonyl (C=O) groups is 1. The molecule has 6 nitrogen and oxygen atoms in total. The van der Waals surface area contributed by atoms with Crippen LogP contribution in [0, 0.1) is 13.8 Å². The molecular formula is C23H21F3N2O4. The number of ether oxygens (including phenoxy) is 2. The largest absolute Gasteiger partial charge is 0.486 e. The summed E-state index contributed by atoms with van der Waals surface area (Å²) in [5.41, 5.74) is 0.139. The van der Waals surface area contributed by atoms with Gasteiger partial charge in [-0.15, -0.1) is 0 Å². The normalized spacial score (nSPS) is 15.6. The Bertz CT molecular complexity index is 1230. The lowest BCUT2D eigenvalue weighted by atomic mass is 10.1. The van der Waals surface area contributed by atoms with Crippen molar-refractivity contribution >= 4 is 5.78 Å². The summed E-state index contributed by atoms with van der Waals surface area (Å²) in [7, 11) is 0. The number of aromatic nitrogens is 2. The predicted molar refractivity (Wildman–Crippen MR) is 110 cm³/mol. The van der Waals surface area contributed by atoms with Gasteiger partial charge in [-0.05, 0) is 38.1 Å². The summed E-state index contributed by atoms with van der Waals surface area (Å²) < 4.78 is 53.3. The molecule has 3 heterocycles. The SMILES string of the molecule is Cc1cc(C(=O)Cn2cc(C(F)(F)F)ccc2=O)c(C)n1C[C@H]1COc2ccccc2O1. The lowest BCUT2D eigenvalue weighted by molar-refractivity contribution is -0.138. The van der Waals surface area contributed by atoms with Crippen molar-refractivity contribution in [3.8, 4) is 11.5 Å². The number of halogens is 3. The predicted octanol–water partition coefficient (Wildman–Crippen LogP) is 4.01. The molecule has 0 amide bonds. The van der Waals surface area contributed by atoms with E-state index in [4.69, 9.17) is 9.47 Å². The van der Waals surface area contributed by atoms with Gasteiger partial charge in [0.2, 0.25) is 0 Å². The summed E-state index contributed by atoms with van der Waals surface area (Å²) in [6, 6.07) is 10.5. The van der Waals surface area contributed by atoms with E-state index in [2.05, 4.69) is 0 Å². The summed E-state index contributed by atoms with van der Waals surface area (Å²) in [6.07, 6.45) is -4.21. The molecule has 2 aromatic heterocycles. The molecule has 1 atom stereocenters. The van der Waals surface area contributed by atoms with Crippen LogP contribution in [-0.2, 0) is 19.3 Å². The number of alkyl halides is 3. The summed E-state index contributed by atoms with van der Waals surface area (Å²) in [6.45, 7) is 3.88. The third-order valence-corrected chi connectivity index (χ3v) is 5.45. The molecule has 1 aliphatic rings. The van der Waals surface area contributed by atoms with Gasteiger partial charge in [0.05, 0.1) is 18.7 Å². The minimum absolute atomic E-state index is 0.274. The number of benzene rings is 1.